The van der Waals surface area contributed by atoms with Crippen LogP contribution in [0.3, 0.4) is 0 Å². The maximum Gasteiger partial charge on any atom is 0.0359 e. The molecule has 0 radical (unpaired) electrons. The quantitative estimate of drug-likeness (QED) is 0.239. The molecule has 1 aromatic carbocycles. The molecule has 2 rings (SSSR count). The summed E-state index contributed by atoms with van der Waals surface area (Å²) in [5.74, 6) is 0. The van der Waals surface area contributed by atoms with Gasteiger partial charge in [-0.15, -0.1) is 12.6 Å². The summed E-state index contributed by atoms with van der Waals surface area (Å²) in [6.45, 7) is 14.6. The standard InChI is InChI=1S/C21H33N2.C3H7.Cf/c1-5-14-21(4,15-6-2)23-20-16-17(3)12-13-19(20)22-18-10-8-7-9-11-18;1-3-2;/h5,13,16,18,22-23H,1,6-11,14-15H2,2-4H3;3H,1-2H3;/q2*-1;. The van der Waals surface area contributed by atoms with E-state index in [0.29, 0.717) is 6.04 Å². The van der Waals surface area contributed by atoms with Crippen molar-refractivity contribution in [2.75, 3.05) is 10.6 Å². The van der Waals surface area contributed by atoms with E-state index in [-0.39, 0.29) is 5.54 Å². The number of benzene rings is 1. The molecule has 1 saturated carbocycles. The first-order valence-corrected chi connectivity index (χ1v) is 10.4. The molecule has 1 fully saturated rings. The van der Waals surface area contributed by atoms with Crippen molar-refractivity contribution in [3.63, 3.8) is 0 Å². The van der Waals surface area contributed by atoms with Crippen LogP contribution in [0.2, 0.25) is 0 Å². The summed E-state index contributed by atoms with van der Waals surface area (Å²) in [6.07, 6.45) is 14.0. The van der Waals surface area contributed by atoms with Crippen LogP contribution in [0.4, 0.5) is 11.4 Å². The number of anilines is 2. The average molecular weight is 608 g/mol. The third-order valence-corrected chi connectivity index (χ3v) is 4.89. The van der Waals surface area contributed by atoms with Gasteiger partial charge >= 0.3 is 0 Å². The second-order valence-corrected chi connectivity index (χ2v) is 7.93. The van der Waals surface area contributed by atoms with Crippen LogP contribution in [0.5, 0.6) is 0 Å². The van der Waals surface area contributed by atoms with Gasteiger partial charge in [-0.05, 0) is 32.6 Å². The Morgan fingerprint density at radius 3 is 2.44 bits per heavy atom. The van der Waals surface area contributed by atoms with Gasteiger partial charge in [0.25, 0.3) is 0 Å². The first-order chi connectivity index (χ1) is 12.5. The molecule has 0 amide bonds. The molecule has 2 N–H and O–H groups in total. The van der Waals surface area contributed by atoms with Crippen molar-refractivity contribution in [3.05, 3.63) is 42.8 Å². The molecule has 3 heteroatoms. The maximum atomic E-state index is 3.94. The third kappa shape index (κ3) is 8.66. The van der Waals surface area contributed by atoms with Gasteiger partial charge in [-0.1, -0.05) is 57.0 Å². The van der Waals surface area contributed by atoms with E-state index in [0.717, 1.165) is 12.8 Å². The fourth-order valence-corrected chi connectivity index (χ4v) is 3.70. The largest absolute Gasteiger partial charge is 0.432 e. The SMILES string of the molecule is C=CCC(C)(CCC)Nc1cc(C)[c-]cc1NC1CCCCC1.C[CH-]C.[Cf]. The molecular weight excluding hydrogens is 567 g/mol. The molecule has 0 aliphatic heterocycles. The van der Waals surface area contributed by atoms with Gasteiger partial charge in [-0.3, -0.25) is 0 Å². The first-order valence-electron chi connectivity index (χ1n) is 10.4. The molecule has 158 valence electrons. The number of hydrogen-bond acceptors (Lipinski definition) is 2. The summed E-state index contributed by atoms with van der Waals surface area (Å²) < 4.78 is 0. The summed E-state index contributed by atoms with van der Waals surface area (Å²) >= 11 is 0. The summed E-state index contributed by atoms with van der Waals surface area (Å²) in [4.78, 5) is 0. The van der Waals surface area contributed by atoms with Crippen molar-refractivity contribution in [2.24, 2.45) is 0 Å². The number of aryl methyl sites for hydroxylation is 1. The molecule has 1 aliphatic carbocycles. The van der Waals surface area contributed by atoms with Gasteiger partial charge in [-0.2, -0.15) is 31.5 Å². The van der Waals surface area contributed by atoms with Crippen LogP contribution in [0.15, 0.2) is 24.8 Å². The Hall–Kier alpha value is -2.44. The van der Waals surface area contributed by atoms with Crippen LogP contribution in [0.25, 0.3) is 0 Å². The van der Waals surface area contributed by atoms with Gasteiger partial charge in [-0.25, -0.2) is 0 Å². The van der Waals surface area contributed by atoms with E-state index in [4.69, 9.17) is 0 Å². The predicted octanol–water partition coefficient (Wildman–Crippen LogP) is 7.32. The summed E-state index contributed by atoms with van der Waals surface area (Å²) in [6, 6.07) is 8.31. The fraction of sp³-hybridized carbons (Fsp3) is 0.625. The van der Waals surface area contributed by atoms with Crippen molar-refractivity contribution in [3.8, 4) is 0 Å². The molecule has 1 aromatic rings. The zero-order chi connectivity index (χ0) is 19.4. The molecule has 0 bridgehead atoms. The maximum absolute atomic E-state index is 3.94. The van der Waals surface area contributed by atoms with Gasteiger partial charge in [0.2, 0.25) is 0 Å². The molecule has 1 aliphatic rings. The van der Waals surface area contributed by atoms with Crippen molar-refractivity contribution < 1.29 is 0 Å². The van der Waals surface area contributed by atoms with Crippen molar-refractivity contribution in [1.29, 1.82) is 0 Å². The van der Waals surface area contributed by atoms with Crippen LogP contribution >= 0.6 is 0 Å². The van der Waals surface area contributed by atoms with Crippen LogP contribution in [-0.4, -0.2) is 11.6 Å². The van der Waals surface area contributed by atoms with Gasteiger partial charge in [0, 0.05) is 11.6 Å². The Kier molecular flexibility index (Phi) is 11.7. The summed E-state index contributed by atoms with van der Waals surface area (Å²) in [7, 11) is 0. The zero-order valence-corrected chi connectivity index (χ0v) is 20.7. The van der Waals surface area contributed by atoms with Gasteiger partial charge in [0.1, 0.15) is 0 Å². The first kappa shape index (κ1) is 24.6. The van der Waals surface area contributed by atoms with Crippen molar-refractivity contribution >= 4 is 11.4 Å². The Bertz CT molecular complexity index is 523. The molecular formula is C24H40CfN2-2. The minimum absolute atomic E-state index is 0. The minimum Gasteiger partial charge on any atom is -0.432 e. The molecule has 0 aromatic heterocycles. The Morgan fingerprint density at radius 2 is 1.89 bits per heavy atom. The monoisotopic (exact) mass is 605 g/mol. The Labute approximate surface area is 162 Å². The molecule has 1 unspecified atom stereocenters. The van der Waals surface area contributed by atoms with E-state index in [1.165, 1.54) is 55.5 Å². The summed E-state index contributed by atoms with van der Waals surface area (Å²) in [5, 5.41) is 7.57. The van der Waals surface area contributed by atoms with E-state index >= 15 is 0 Å². The number of hydrogen-bond donors (Lipinski definition) is 2. The van der Waals surface area contributed by atoms with E-state index < -0.39 is 0 Å². The average Bonchev–Trinajstić information content (AvgIpc) is 2.59. The van der Waals surface area contributed by atoms with Crippen LogP contribution in [-0.2, 0) is 0 Å². The van der Waals surface area contributed by atoms with E-state index in [1.807, 2.05) is 26.3 Å². The molecule has 0 spiro atoms. The minimum atomic E-state index is 0. The van der Waals surface area contributed by atoms with Gasteiger partial charge in [0.05, 0.1) is 0 Å². The number of nitrogens with one attached hydrogen (secondary N) is 2. The predicted molar refractivity (Wildman–Crippen MR) is 118 cm³/mol. The second kappa shape index (κ2) is 12.8. The molecule has 0 saturated heterocycles. The van der Waals surface area contributed by atoms with Crippen molar-refractivity contribution in [2.45, 2.75) is 97.6 Å². The third-order valence-electron chi connectivity index (χ3n) is 4.89. The van der Waals surface area contributed by atoms with Crippen LogP contribution in [0, 0.1) is 19.4 Å². The van der Waals surface area contributed by atoms with Crippen LogP contribution < -0.4 is 10.6 Å². The summed E-state index contributed by atoms with van der Waals surface area (Å²) in [5.41, 5.74) is 3.66. The Morgan fingerprint density at radius 1 is 1.26 bits per heavy atom. The smallest absolute Gasteiger partial charge is 0.0359 e. The molecule has 0 heterocycles. The zero-order valence-electron chi connectivity index (χ0n) is 18.1. The normalized spacial score (nSPS) is 16.2. The molecule has 2 nitrogen and oxygen atoms in total. The van der Waals surface area contributed by atoms with Gasteiger partial charge in [0.15, 0.2) is 0 Å². The fourth-order valence-electron chi connectivity index (χ4n) is 3.70. The number of rotatable bonds is 8. The topological polar surface area (TPSA) is 24.1 Å². The van der Waals surface area contributed by atoms with E-state index in [1.54, 1.807) is 0 Å². The van der Waals surface area contributed by atoms with Gasteiger partial charge < -0.3 is 17.1 Å². The molecule has 27 heavy (non-hydrogen) atoms. The molecule has 1 atom stereocenters. The Balaban J connectivity index is 0.00000158. The van der Waals surface area contributed by atoms with E-state index in [9.17, 15) is 0 Å². The van der Waals surface area contributed by atoms with Crippen molar-refractivity contribution in [1.82, 2.24) is 0 Å². The second-order valence-electron chi connectivity index (χ2n) is 7.93. The van der Waals surface area contributed by atoms with Crippen LogP contribution in [0.1, 0.15) is 84.6 Å². The van der Waals surface area contributed by atoms with E-state index in [2.05, 4.69) is 56.2 Å².